The molecule has 0 amide bonds. The molecular formula is C16H22OS. The molecule has 0 radical (unpaired) electrons. The fourth-order valence-electron chi connectivity index (χ4n) is 2.34. The molecule has 1 aromatic rings. The Hall–Kier alpha value is -0.890. The van der Waals surface area contributed by atoms with Gasteiger partial charge in [0.1, 0.15) is 6.61 Å². The first-order valence-corrected chi connectivity index (χ1v) is 7.72. The van der Waals surface area contributed by atoms with Crippen LogP contribution in [-0.2, 0) is 4.74 Å². The molecule has 1 atom stereocenters. The van der Waals surface area contributed by atoms with Crippen LogP contribution in [0.2, 0.25) is 0 Å². The number of rotatable bonds is 5. The molecule has 0 saturated carbocycles. The highest BCUT2D eigenvalue weighted by Crippen LogP contribution is 2.41. The average molecular weight is 262 g/mol. The van der Waals surface area contributed by atoms with E-state index >= 15 is 0 Å². The molecule has 0 aromatic heterocycles. The third kappa shape index (κ3) is 3.32. The highest BCUT2D eigenvalue weighted by molar-refractivity contribution is 8.00. The zero-order valence-electron chi connectivity index (χ0n) is 11.3. The van der Waals surface area contributed by atoms with E-state index in [1.807, 2.05) is 12.3 Å². The summed E-state index contributed by atoms with van der Waals surface area (Å²) in [7, 11) is 0. The van der Waals surface area contributed by atoms with E-state index in [1.165, 1.54) is 36.2 Å². The van der Waals surface area contributed by atoms with Gasteiger partial charge in [-0.15, -0.1) is 0 Å². The molecule has 1 aromatic carbocycles. The fraction of sp³-hybridized carbons (Fsp3) is 0.500. The van der Waals surface area contributed by atoms with Gasteiger partial charge in [0.05, 0.1) is 6.26 Å². The zero-order chi connectivity index (χ0) is 12.8. The van der Waals surface area contributed by atoms with Crippen molar-refractivity contribution >= 4 is 17.3 Å². The number of benzene rings is 1. The molecule has 1 aliphatic rings. The standard InChI is InChI=1S/C16H22OS/c1-3-16(10-7-11-18-16)13-17-12-14(2)15-8-5-4-6-9-15/h4-6,8-9,12H,3,7,10-11,13H2,1-2H3/b14-12-. The first-order chi connectivity index (χ1) is 8.76. The van der Waals surface area contributed by atoms with Crippen molar-refractivity contribution in [3.63, 3.8) is 0 Å². The van der Waals surface area contributed by atoms with Gasteiger partial charge in [0.15, 0.2) is 0 Å². The van der Waals surface area contributed by atoms with Crippen molar-refractivity contribution in [1.82, 2.24) is 0 Å². The molecule has 0 spiro atoms. The SMILES string of the molecule is CCC1(CO/C=C(/C)c2ccccc2)CCCS1. The van der Waals surface area contributed by atoms with E-state index in [1.54, 1.807) is 0 Å². The lowest BCUT2D eigenvalue weighted by Gasteiger charge is -2.25. The molecule has 18 heavy (non-hydrogen) atoms. The summed E-state index contributed by atoms with van der Waals surface area (Å²) in [6.07, 6.45) is 5.76. The Morgan fingerprint density at radius 2 is 2.17 bits per heavy atom. The van der Waals surface area contributed by atoms with Gasteiger partial charge >= 0.3 is 0 Å². The van der Waals surface area contributed by atoms with Crippen LogP contribution < -0.4 is 0 Å². The lowest BCUT2D eigenvalue weighted by Crippen LogP contribution is -2.25. The monoisotopic (exact) mass is 262 g/mol. The number of allylic oxidation sites excluding steroid dienone is 1. The molecule has 0 bridgehead atoms. The Morgan fingerprint density at radius 1 is 1.39 bits per heavy atom. The second kappa shape index (κ2) is 6.33. The van der Waals surface area contributed by atoms with Crippen LogP contribution in [0.1, 0.15) is 38.7 Å². The summed E-state index contributed by atoms with van der Waals surface area (Å²) in [5, 5.41) is 0. The summed E-state index contributed by atoms with van der Waals surface area (Å²) in [6, 6.07) is 10.4. The molecule has 1 aliphatic heterocycles. The number of ether oxygens (including phenoxy) is 1. The Labute approximate surface area is 115 Å². The predicted octanol–water partition coefficient (Wildman–Crippen LogP) is 4.74. The fourth-order valence-corrected chi connectivity index (χ4v) is 3.70. The molecule has 1 unspecified atom stereocenters. The molecule has 2 rings (SSSR count). The summed E-state index contributed by atoms with van der Waals surface area (Å²) in [6.45, 7) is 5.23. The normalized spacial score (nSPS) is 24.2. The van der Waals surface area contributed by atoms with Gasteiger partial charge in [-0.1, -0.05) is 37.3 Å². The van der Waals surface area contributed by atoms with Crippen LogP contribution in [0, 0.1) is 0 Å². The van der Waals surface area contributed by atoms with Crippen molar-refractivity contribution in [2.45, 2.75) is 37.9 Å². The Kier molecular flexibility index (Phi) is 4.76. The van der Waals surface area contributed by atoms with Crippen LogP contribution in [0.15, 0.2) is 36.6 Å². The zero-order valence-corrected chi connectivity index (χ0v) is 12.1. The van der Waals surface area contributed by atoms with Gasteiger partial charge in [0, 0.05) is 4.75 Å². The van der Waals surface area contributed by atoms with Crippen LogP contribution in [-0.4, -0.2) is 17.1 Å². The van der Waals surface area contributed by atoms with E-state index < -0.39 is 0 Å². The van der Waals surface area contributed by atoms with Crippen LogP contribution in [0.3, 0.4) is 0 Å². The summed E-state index contributed by atoms with van der Waals surface area (Å²) < 4.78 is 6.21. The summed E-state index contributed by atoms with van der Waals surface area (Å²) >= 11 is 2.08. The van der Waals surface area contributed by atoms with Gasteiger partial charge < -0.3 is 4.74 Å². The first kappa shape index (κ1) is 13.5. The summed E-state index contributed by atoms with van der Waals surface area (Å²) in [4.78, 5) is 0. The Bertz CT molecular complexity index is 391. The highest BCUT2D eigenvalue weighted by atomic mass is 32.2. The smallest absolute Gasteiger partial charge is 0.102 e. The topological polar surface area (TPSA) is 9.23 Å². The number of hydrogen-bond acceptors (Lipinski definition) is 2. The average Bonchev–Trinajstić information content (AvgIpc) is 2.89. The van der Waals surface area contributed by atoms with Crippen LogP contribution in [0.25, 0.3) is 5.57 Å². The van der Waals surface area contributed by atoms with Gasteiger partial charge in [-0.25, -0.2) is 0 Å². The van der Waals surface area contributed by atoms with Gasteiger partial charge in [0.2, 0.25) is 0 Å². The number of hydrogen-bond donors (Lipinski definition) is 0. The van der Waals surface area contributed by atoms with Crippen molar-refractivity contribution in [1.29, 1.82) is 0 Å². The molecule has 0 N–H and O–H groups in total. The minimum atomic E-state index is 0.369. The van der Waals surface area contributed by atoms with Crippen molar-refractivity contribution < 1.29 is 4.74 Å². The second-order valence-corrected chi connectivity index (χ2v) is 6.53. The predicted molar refractivity (Wildman–Crippen MR) is 80.8 cm³/mol. The van der Waals surface area contributed by atoms with Crippen molar-refractivity contribution in [3.8, 4) is 0 Å². The van der Waals surface area contributed by atoms with Crippen molar-refractivity contribution in [2.75, 3.05) is 12.4 Å². The maximum atomic E-state index is 5.85. The maximum absolute atomic E-state index is 5.85. The second-order valence-electron chi connectivity index (χ2n) is 4.97. The van der Waals surface area contributed by atoms with Crippen LogP contribution >= 0.6 is 11.8 Å². The third-order valence-electron chi connectivity index (χ3n) is 3.66. The molecule has 1 fully saturated rings. The summed E-state index contributed by atoms with van der Waals surface area (Å²) in [5.74, 6) is 1.29. The molecule has 1 heterocycles. The van der Waals surface area contributed by atoms with E-state index in [0.29, 0.717) is 4.75 Å². The van der Waals surface area contributed by atoms with Gasteiger partial charge in [-0.2, -0.15) is 11.8 Å². The Balaban J connectivity index is 1.91. The van der Waals surface area contributed by atoms with Crippen LogP contribution in [0.5, 0.6) is 0 Å². The maximum Gasteiger partial charge on any atom is 0.102 e. The van der Waals surface area contributed by atoms with E-state index in [2.05, 4.69) is 49.9 Å². The van der Waals surface area contributed by atoms with E-state index in [-0.39, 0.29) is 0 Å². The summed E-state index contributed by atoms with van der Waals surface area (Å²) in [5.41, 5.74) is 2.44. The number of thioether (sulfide) groups is 1. The van der Waals surface area contributed by atoms with Gasteiger partial charge in [-0.05, 0) is 43.1 Å². The third-order valence-corrected chi connectivity index (χ3v) is 5.38. The molecule has 1 nitrogen and oxygen atoms in total. The van der Waals surface area contributed by atoms with E-state index in [4.69, 9.17) is 4.74 Å². The van der Waals surface area contributed by atoms with Crippen molar-refractivity contribution in [2.24, 2.45) is 0 Å². The lowest BCUT2D eigenvalue weighted by atomic mass is 10.0. The molecule has 1 saturated heterocycles. The minimum Gasteiger partial charge on any atom is -0.499 e. The van der Waals surface area contributed by atoms with Crippen molar-refractivity contribution in [3.05, 3.63) is 42.2 Å². The first-order valence-electron chi connectivity index (χ1n) is 6.73. The van der Waals surface area contributed by atoms with Gasteiger partial charge in [-0.3, -0.25) is 0 Å². The van der Waals surface area contributed by atoms with Gasteiger partial charge in [0.25, 0.3) is 0 Å². The highest BCUT2D eigenvalue weighted by Gasteiger charge is 2.33. The molecule has 2 heteroatoms. The van der Waals surface area contributed by atoms with E-state index in [0.717, 1.165) is 6.61 Å². The lowest BCUT2D eigenvalue weighted by molar-refractivity contribution is 0.208. The molecule has 0 aliphatic carbocycles. The quantitative estimate of drug-likeness (QED) is 0.709. The van der Waals surface area contributed by atoms with E-state index in [9.17, 15) is 0 Å². The minimum absolute atomic E-state index is 0.369. The largest absolute Gasteiger partial charge is 0.499 e. The molecular weight excluding hydrogens is 240 g/mol. The Morgan fingerprint density at radius 3 is 2.78 bits per heavy atom. The van der Waals surface area contributed by atoms with Crippen LogP contribution in [0.4, 0.5) is 0 Å². The molecule has 98 valence electrons.